The van der Waals surface area contributed by atoms with Gasteiger partial charge in [0.15, 0.2) is 10.6 Å². The van der Waals surface area contributed by atoms with Crippen LogP contribution in [0.1, 0.15) is 24.3 Å². The highest BCUT2D eigenvalue weighted by atomic mass is 32.2. The summed E-state index contributed by atoms with van der Waals surface area (Å²) >= 11 is -1.04. The third-order valence-corrected chi connectivity index (χ3v) is 4.96. The van der Waals surface area contributed by atoms with E-state index < -0.39 is 17.3 Å². The zero-order chi connectivity index (χ0) is 18.0. The highest BCUT2D eigenvalue weighted by Gasteiger charge is 2.17. The average molecular weight is 351 g/mol. The molecule has 0 amide bonds. The molecule has 126 valence electrons. The maximum Gasteiger partial charge on any atom is 0.170 e. The molecule has 0 aliphatic carbocycles. The van der Waals surface area contributed by atoms with Crippen molar-refractivity contribution in [3.8, 4) is 28.5 Å². The lowest BCUT2D eigenvalue weighted by molar-refractivity contribution is 0.199. The molecule has 0 radical (unpaired) electrons. The van der Waals surface area contributed by atoms with E-state index >= 15 is 0 Å². The summed E-state index contributed by atoms with van der Waals surface area (Å²) in [4.78, 5) is 0.742. The van der Waals surface area contributed by atoms with Gasteiger partial charge in [-0.1, -0.05) is 24.3 Å². The van der Waals surface area contributed by atoms with Gasteiger partial charge in [0.25, 0.3) is 0 Å². The Labute approximate surface area is 149 Å². The van der Waals surface area contributed by atoms with Crippen LogP contribution in [-0.2, 0) is 11.2 Å². The Hall–Kier alpha value is -2.59. The number of hydrogen-bond donors (Lipinski definition) is 2. The van der Waals surface area contributed by atoms with E-state index in [9.17, 15) is 14.9 Å². The van der Waals surface area contributed by atoms with E-state index in [1.807, 2.05) is 36.4 Å². The lowest BCUT2D eigenvalue weighted by atomic mass is 9.97. The topological polar surface area (TPSA) is 95.8 Å². The summed E-state index contributed by atoms with van der Waals surface area (Å²) in [5.74, 6) is 0. The molecular weight excluding hydrogens is 334 g/mol. The van der Waals surface area contributed by atoms with Crippen molar-refractivity contribution < 1.29 is 9.66 Å². The predicted molar refractivity (Wildman–Crippen MR) is 97.1 cm³/mol. The Bertz CT molecular complexity index is 907. The Morgan fingerprint density at radius 1 is 1.12 bits per heavy atom. The van der Waals surface area contributed by atoms with E-state index in [1.165, 1.54) is 0 Å². The minimum Gasteiger partial charge on any atom is -0.612 e. The van der Waals surface area contributed by atoms with Gasteiger partial charge in [-0.3, -0.25) is 5.10 Å². The van der Waals surface area contributed by atoms with Crippen LogP contribution in [0.2, 0.25) is 0 Å². The number of aliphatic hydroxyl groups is 1. The fourth-order valence-corrected chi connectivity index (χ4v) is 3.17. The fraction of sp³-hybridized carbons (Fsp3) is 0.158. The number of nitrogens with zero attached hydrogens (tertiary/aromatic N) is 2. The van der Waals surface area contributed by atoms with Gasteiger partial charge in [0.1, 0.15) is 12.3 Å². The largest absolute Gasteiger partial charge is 0.612 e. The molecule has 0 spiro atoms. The Balaban J connectivity index is 2.08. The fourth-order valence-electron chi connectivity index (χ4n) is 2.65. The minimum atomic E-state index is -1.04. The van der Waals surface area contributed by atoms with Crippen LogP contribution in [-0.4, -0.2) is 26.1 Å². The number of aromatic amines is 1. The van der Waals surface area contributed by atoms with Crippen LogP contribution < -0.4 is 0 Å². The number of hydrogen-bond acceptors (Lipinski definition) is 4. The number of benzene rings is 2. The van der Waals surface area contributed by atoms with Crippen molar-refractivity contribution in [3.05, 3.63) is 59.8 Å². The third-order valence-electron chi connectivity index (χ3n) is 4.03. The summed E-state index contributed by atoms with van der Waals surface area (Å²) in [6, 6.07) is 16.8. The summed E-state index contributed by atoms with van der Waals surface area (Å²) in [6.45, 7) is 1.71. The molecule has 1 heterocycles. The molecule has 2 atom stereocenters. The maximum absolute atomic E-state index is 11.5. The van der Waals surface area contributed by atoms with Crippen molar-refractivity contribution >= 4 is 11.2 Å². The van der Waals surface area contributed by atoms with E-state index in [0.717, 1.165) is 27.3 Å². The predicted octanol–water partition coefficient (Wildman–Crippen LogP) is 3.41. The SMILES string of the molecule is CC(O)c1ccc(-c2c(C#N)n[nH]c2-c2ccc([S+](C)[O-])cc2)cc1. The molecule has 0 saturated carbocycles. The van der Waals surface area contributed by atoms with Gasteiger partial charge in [0.2, 0.25) is 0 Å². The van der Waals surface area contributed by atoms with Gasteiger partial charge >= 0.3 is 0 Å². The van der Waals surface area contributed by atoms with E-state index in [-0.39, 0.29) is 0 Å². The first-order chi connectivity index (χ1) is 12.0. The molecule has 25 heavy (non-hydrogen) atoms. The number of rotatable bonds is 4. The summed E-state index contributed by atoms with van der Waals surface area (Å²) < 4.78 is 11.5. The van der Waals surface area contributed by atoms with Crippen LogP contribution in [0, 0.1) is 11.3 Å². The zero-order valence-corrected chi connectivity index (χ0v) is 14.7. The summed E-state index contributed by atoms with van der Waals surface area (Å²) in [6.07, 6.45) is 1.09. The van der Waals surface area contributed by atoms with Gasteiger partial charge in [-0.2, -0.15) is 10.4 Å². The minimum absolute atomic E-state index is 0.308. The van der Waals surface area contributed by atoms with Crippen LogP contribution in [0.4, 0.5) is 0 Å². The molecule has 5 nitrogen and oxygen atoms in total. The quantitative estimate of drug-likeness (QED) is 0.704. The van der Waals surface area contributed by atoms with Crippen LogP contribution in [0.3, 0.4) is 0 Å². The van der Waals surface area contributed by atoms with Crippen molar-refractivity contribution in [2.75, 3.05) is 6.26 Å². The Morgan fingerprint density at radius 3 is 2.24 bits per heavy atom. The standard InChI is InChI=1S/C19H17N3O2S/c1-12(23)13-3-5-14(6-4-13)18-17(11-20)21-22-19(18)15-7-9-16(10-8-15)25(2)24/h3-10,12,23H,1-2H3,(H,21,22). The normalized spacial score (nSPS) is 13.2. The van der Waals surface area contributed by atoms with Gasteiger partial charge in [-0.25, -0.2) is 0 Å². The van der Waals surface area contributed by atoms with Crippen molar-refractivity contribution in [1.82, 2.24) is 10.2 Å². The summed E-state index contributed by atoms with van der Waals surface area (Å²) in [5, 5.41) is 26.1. The number of aromatic nitrogens is 2. The van der Waals surface area contributed by atoms with E-state index in [2.05, 4.69) is 16.3 Å². The monoisotopic (exact) mass is 351 g/mol. The lowest BCUT2D eigenvalue weighted by Gasteiger charge is -2.08. The third kappa shape index (κ3) is 3.44. The summed E-state index contributed by atoms with van der Waals surface area (Å²) in [7, 11) is 0. The van der Waals surface area contributed by atoms with Crippen molar-refractivity contribution in [1.29, 1.82) is 5.26 Å². The van der Waals surface area contributed by atoms with E-state index in [1.54, 1.807) is 25.3 Å². The van der Waals surface area contributed by atoms with Crippen LogP contribution in [0.25, 0.3) is 22.4 Å². The van der Waals surface area contributed by atoms with Gasteiger partial charge < -0.3 is 9.66 Å². The molecule has 6 heteroatoms. The first kappa shape index (κ1) is 17.2. The van der Waals surface area contributed by atoms with E-state index in [0.29, 0.717) is 11.3 Å². The van der Waals surface area contributed by atoms with Gasteiger partial charge in [0.05, 0.1) is 11.8 Å². The summed E-state index contributed by atoms with van der Waals surface area (Å²) in [5.41, 5.74) is 4.26. The molecule has 2 N–H and O–H groups in total. The average Bonchev–Trinajstić information content (AvgIpc) is 3.05. The second-order valence-electron chi connectivity index (χ2n) is 5.71. The van der Waals surface area contributed by atoms with Crippen molar-refractivity contribution in [3.63, 3.8) is 0 Å². The molecule has 3 aromatic rings. The van der Waals surface area contributed by atoms with E-state index in [4.69, 9.17) is 0 Å². The van der Waals surface area contributed by atoms with Gasteiger partial charge in [-0.05, 0) is 53.5 Å². The number of nitrogens with one attached hydrogen (secondary N) is 1. The van der Waals surface area contributed by atoms with Crippen LogP contribution >= 0.6 is 0 Å². The van der Waals surface area contributed by atoms with Crippen LogP contribution in [0.15, 0.2) is 53.4 Å². The molecule has 0 aliphatic heterocycles. The zero-order valence-electron chi connectivity index (χ0n) is 13.9. The molecule has 2 aromatic carbocycles. The van der Waals surface area contributed by atoms with Crippen molar-refractivity contribution in [2.45, 2.75) is 17.9 Å². The first-order valence-corrected chi connectivity index (χ1v) is 9.27. The highest BCUT2D eigenvalue weighted by Crippen LogP contribution is 2.34. The second kappa shape index (κ2) is 7.11. The lowest BCUT2D eigenvalue weighted by Crippen LogP contribution is -1.96. The molecule has 2 unspecified atom stereocenters. The molecule has 1 aromatic heterocycles. The van der Waals surface area contributed by atoms with Gasteiger partial charge in [0, 0.05) is 11.1 Å². The van der Waals surface area contributed by atoms with Crippen molar-refractivity contribution in [2.24, 2.45) is 0 Å². The Kier molecular flexibility index (Phi) is 4.91. The molecule has 0 saturated heterocycles. The Morgan fingerprint density at radius 2 is 1.72 bits per heavy atom. The molecule has 0 fully saturated rings. The number of aliphatic hydroxyl groups excluding tert-OH is 1. The molecule has 0 bridgehead atoms. The maximum atomic E-state index is 11.5. The smallest absolute Gasteiger partial charge is 0.170 e. The molecule has 3 rings (SSSR count). The highest BCUT2D eigenvalue weighted by molar-refractivity contribution is 7.90. The second-order valence-corrected chi connectivity index (χ2v) is 7.09. The van der Waals surface area contributed by atoms with Gasteiger partial charge in [-0.15, -0.1) is 0 Å². The number of nitriles is 1. The molecule has 0 aliphatic rings. The number of H-pyrrole nitrogens is 1. The van der Waals surface area contributed by atoms with Crippen LogP contribution in [0.5, 0.6) is 0 Å². The molecular formula is C19H17N3O2S. The first-order valence-electron chi connectivity index (χ1n) is 7.72.